The van der Waals surface area contributed by atoms with E-state index in [2.05, 4.69) is 36.5 Å². The molecule has 1 atom stereocenters. The fourth-order valence-corrected chi connectivity index (χ4v) is 2.72. The molecule has 0 fully saturated rings. The number of benzene rings is 2. The maximum absolute atomic E-state index is 6.14. The molecule has 2 nitrogen and oxygen atoms in total. The Morgan fingerprint density at radius 3 is 2.57 bits per heavy atom. The van der Waals surface area contributed by atoms with Gasteiger partial charge < -0.3 is 10.1 Å². The quantitative estimate of drug-likeness (QED) is 0.824. The van der Waals surface area contributed by atoms with Crippen molar-refractivity contribution in [1.29, 1.82) is 0 Å². The molecule has 2 aromatic carbocycles. The first kappa shape index (κ1) is 15.9. The Bertz CT molecular complexity index is 556. The highest BCUT2D eigenvalue weighted by Gasteiger charge is 2.15. The molecule has 112 valence electrons. The molecule has 0 radical (unpaired) electrons. The number of nitrogens with one attached hydrogen (secondary N) is 1. The fourth-order valence-electron chi connectivity index (χ4n) is 2.52. The van der Waals surface area contributed by atoms with Gasteiger partial charge in [-0.25, -0.2) is 0 Å². The van der Waals surface area contributed by atoms with E-state index in [0.29, 0.717) is 5.92 Å². The van der Waals surface area contributed by atoms with E-state index in [1.54, 1.807) is 7.11 Å². The minimum atomic E-state index is 0.401. The highest BCUT2D eigenvalue weighted by molar-refractivity contribution is 6.30. The summed E-state index contributed by atoms with van der Waals surface area (Å²) >= 11 is 6.14. The Hall–Kier alpha value is -1.51. The van der Waals surface area contributed by atoms with Crippen molar-refractivity contribution in [2.45, 2.75) is 19.3 Å². The van der Waals surface area contributed by atoms with Crippen LogP contribution >= 0.6 is 11.6 Å². The van der Waals surface area contributed by atoms with Crippen LogP contribution in [0.1, 0.15) is 24.0 Å². The molecule has 0 bridgehead atoms. The van der Waals surface area contributed by atoms with E-state index in [1.165, 1.54) is 5.56 Å². The van der Waals surface area contributed by atoms with E-state index >= 15 is 0 Å². The molecule has 2 aromatic rings. The number of hydrogen-bond donors (Lipinski definition) is 1. The highest BCUT2D eigenvalue weighted by Crippen LogP contribution is 2.28. The third-order valence-electron chi connectivity index (χ3n) is 3.62. The summed E-state index contributed by atoms with van der Waals surface area (Å²) in [7, 11) is 1.70. The largest absolute Gasteiger partial charge is 0.496 e. The lowest BCUT2D eigenvalue weighted by atomic mass is 9.91. The number of rotatable bonds is 7. The standard InChI is InChI=1S/C18H22ClNO/c1-3-20-13-16(14-7-5-4-6-8-14)11-15-12-17(19)9-10-18(15)21-2/h4-10,12,16,20H,3,11,13H2,1-2H3. The summed E-state index contributed by atoms with van der Waals surface area (Å²) in [6, 6.07) is 16.4. The monoisotopic (exact) mass is 303 g/mol. The van der Waals surface area contributed by atoms with E-state index in [4.69, 9.17) is 16.3 Å². The van der Waals surface area contributed by atoms with Gasteiger partial charge in [0.1, 0.15) is 5.75 Å². The Balaban J connectivity index is 2.24. The lowest BCUT2D eigenvalue weighted by Gasteiger charge is -2.19. The maximum Gasteiger partial charge on any atom is 0.122 e. The molecule has 0 saturated heterocycles. The zero-order chi connectivity index (χ0) is 15.1. The lowest BCUT2D eigenvalue weighted by Crippen LogP contribution is -2.22. The van der Waals surface area contributed by atoms with E-state index in [0.717, 1.165) is 35.8 Å². The SMILES string of the molecule is CCNCC(Cc1cc(Cl)ccc1OC)c1ccccc1. The normalized spacial score (nSPS) is 12.1. The Kier molecular flexibility index (Phi) is 6.09. The number of likely N-dealkylation sites (N-methyl/N-ethyl adjacent to an activating group) is 1. The van der Waals surface area contributed by atoms with E-state index in [-0.39, 0.29) is 0 Å². The number of halogens is 1. The third kappa shape index (κ3) is 4.48. The third-order valence-corrected chi connectivity index (χ3v) is 3.86. The molecule has 0 spiro atoms. The van der Waals surface area contributed by atoms with Crippen LogP contribution in [0.4, 0.5) is 0 Å². The molecule has 0 saturated carbocycles. The van der Waals surface area contributed by atoms with Gasteiger partial charge in [-0.15, -0.1) is 0 Å². The van der Waals surface area contributed by atoms with Crippen molar-refractivity contribution in [3.63, 3.8) is 0 Å². The van der Waals surface area contributed by atoms with Crippen molar-refractivity contribution in [3.05, 3.63) is 64.7 Å². The van der Waals surface area contributed by atoms with Crippen LogP contribution in [0.5, 0.6) is 5.75 Å². The molecule has 0 aliphatic carbocycles. The van der Waals surface area contributed by atoms with Crippen LogP contribution in [0.3, 0.4) is 0 Å². The van der Waals surface area contributed by atoms with E-state index in [1.807, 2.05) is 24.3 Å². The molecule has 21 heavy (non-hydrogen) atoms. The summed E-state index contributed by atoms with van der Waals surface area (Å²) in [5.41, 5.74) is 2.48. The van der Waals surface area contributed by atoms with Crippen LogP contribution < -0.4 is 10.1 Å². The topological polar surface area (TPSA) is 21.3 Å². The van der Waals surface area contributed by atoms with Crippen LogP contribution in [-0.2, 0) is 6.42 Å². The van der Waals surface area contributed by atoms with Crippen LogP contribution in [0.2, 0.25) is 5.02 Å². The Morgan fingerprint density at radius 2 is 1.90 bits per heavy atom. The zero-order valence-electron chi connectivity index (χ0n) is 12.6. The smallest absolute Gasteiger partial charge is 0.122 e. The second kappa shape index (κ2) is 8.06. The van der Waals surface area contributed by atoms with Gasteiger partial charge in [0, 0.05) is 17.5 Å². The van der Waals surface area contributed by atoms with Gasteiger partial charge in [-0.2, -0.15) is 0 Å². The average molecular weight is 304 g/mol. The average Bonchev–Trinajstić information content (AvgIpc) is 2.52. The first-order valence-electron chi connectivity index (χ1n) is 7.32. The summed E-state index contributed by atoms with van der Waals surface area (Å²) in [6.07, 6.45) is 0.904. The second-order valence-corrected chi connectivity index (χ2v) is 5.51. The highest BCUT2D eigenvalue weighted by atomic mass is 35.5. The van der Waals surface area contributed by atoms with Crippen LogP contribution in [0, 0.1) is 0 Å². The molecular weight excluding hydrogens is 282 g/mol. The summed E-state index contributed by atoms with van der Waals surface area (Å²) in [6.45, 7) is 4.04. The predicted molar refractivity (Wildman–Crippen MR) is 89.4 cm³/mol. The lowest BCUT2D eigenvalue weighted by molar-refractivity contribution is 0.407. The number of ether oxygens (including phenoxy) is 1. The summed E-state index contributed by atoms with van der Waals surface area (Å²) in [5, 5.41) is 4.20. The van der Waals surface area contributed by atoms with Crippen molar-refractivity contribution >= 4 is 11.6 Å². The predicted octanol–water partition coefficient (Wildman–Crippen LogP) is 4.28. The van der Waals surface area contributed by atoms with Gasteiger partial charge >= 0.3 is 0 Å². The van der Waals surface area contributed by atoms with E-state index < -0.39 is 0 Å². The van der Waals surface area contributed by atoms with Gasteiger partial charge in [0.05, 0.1) is 7.11 Å². The fraction of sp³-hybridized carbons (Fsp3) is 0.333. The molecule has 1 N–H and O–H groups in total. The first-order chi connectivity index (χ1) is 10.2. The van der Waals surface area contributed by atoms with Gasteiger partial charge in [0.15, 0.2) is 0 Å². The van der Waals surface area contributed by atoms with Crippen LogP contribution in [0.15, 0.2) is 48.5 Å². The molecule has 0 heterocycles. The molecule has 0 aliphatic rings. The summed E-state index contributed by atoms with van der Waals surface area (Å²) in [5.74, 6) is 1.30. The van der Waals surface area contributed by atoms with Crippen molar-refractivity contribution in [2.75, 3.05) is 20.2 Å². The molecule has 2 rings (SSSR count). The second-order valence-electron chi connectivity index (χ2n) is 5.08. The molecular formula is C18H22ClNO. The summed E-state index contributed by atoms with van der Waals surface area (Å²) < 4.78 is 5.46. The number of hydrogen-bond acceptors (Lipinski definition) is 2. The van der Waals surface area contributed by atoms with Crippen molar-refractivity contribution < 1.29 is 4.74 Å². The van der Waals surface area contributed by atoms with Gasteiger partial charge in [0.2, 0.25) is 0 Å². The number of methoxy groups -OCH3 is 1. The minimum Gasteiger partial charge on any atom is -0.496 e. The van der Waals surface area contributed by atoms with Gasteiger partial charge in [-0.05, 0) is 42.3 Å². The summed E-state index contributed by atoms with van der Waals surface area (Å²) in [4.78, 5) is 0. The zero-order valence-corrected chi connectivity index (χ0v) is 13.4. The molecule has 1 unspecified atom stereocenters. The molecule has 0 amide bonds. The van der Waals surface area contributed by atoms with Crippen LogP contribution in [-0.4, -0.2) is 20.2 Å². The van der Waals surface area contributed by atoms with Crippen molar-refractivity contribution in [2.24, 2.45) is 0 Å². The van der Waals surface area contributed by atoms with Gasteiger partial charge in [0.25, 0.3) is 0 Å². The molecule has 0 aliphatic heterocycles. The maximum atomic E-state index is 6.14. The Labute approximate surface area is 132 Å². The van der Waals surface area contributed by atoms with E-state index in [9.17, 15) is 0 Å². The van der Waals surface area contributed by atoms with Crippen molar-refractivity contribution in [3.8, 4) is 5.75 Å². The first-order valence-corrected chi connectivity index (χ1v) is 7.70. The molecule has 0 aromatic heterocycles. The van der Waals surface area contributed by atoms with Crippen molar-refractivity contribution in [1.82, 2.24) is 5.32 Å². The minimum absolute atomic E-state index is 0.401. The van der Waals surface area contributed by atoms with Gasteiger partial charge in [-0.1, -0.05) is 48.9 Å². The van der Waals surface area contributed by atoms with Crippen LogP contribution in [0.25, 0.3) is 0 Å². The van der Waals surface area contributed by atoms with Gasteiger partial charge in [-0.3, -0.25) is 0 Å². The molecule has 3 heteroatoms. The Morgan fingerprint density at radius 1 is 1.14 bits per heavy atom.